The maximum absolute atomic E-state index is 12.3. The molecule has 1 aliphatic heterocycles. The van der Waals surface area contributed by atoms with Gasteiger partial charge in [0.2, 0.25) is 5.88 Å². The molecule has 0 atom stereocenters. The number of H-pyrrole nitrogens is 1. The van der Waals surface area contributed by atoms with E-state index in [0.717, 1.165) is 49.4 Å². The molecule has 0 saturated carbocycles. The van der Waals surface area contributed by atoms with Crippen LogP contribution < -0.4 is 11.2 Å². The zero-order chi connectivity index (χ0) is 20.1. The molecule has 2 aromatic rings. The standard InChI is InChI=1S/C20H26N4O4/c1-14-4-6-16(7-5-14)24-19(26)17(18(25)22-20(24)27)15(2)21-8-3-9-23-10-12-28-13-11-23/h4-7,26H,3,8-13H2,1-2H3,(H,22,25,27). The summed E-state index contributed by atoms with van der Waals surface area (Å²) >= 11 is 0. The Bertz CT molecular complexity index is 954. The van der Waals surface area contributed by atoms with Gasteiger partial charge in [0, 0.05) is 31.9 Å². The molecule has 28 heavy (non-hydrogen) atoms. The molecule has 0 unspecified atom stereocenters. The topological polar surface area (TPSA) is 99.9 Å². The lowest BCUT2D eigenvalue weighted by Gasteiger charge is -2.26. The average molecular weight is 386 g/mol. The molecule has 2 heterocycles. The van der Waals surface area contributed by atoms with Crippen LogP contribution in [0.2, 0.25) is 0 Å². The highest BCUT2D eigenvalue weighted by atomic mass is 16.5. The van der Waals surface area contributed by atoms with Crippen molar-refractivity contribution in [1.82, 2.24) is 14.5 Å². The second kappa shape index (κ2) is 8.99. The average Bonchev–Trinajstić information content (AvgIpc) is 2.67. The molecular formula is C20H26N4O4. The van der Waals surface area contributed by atoms with Gasteiger partial charge in [0.05, 0.1) is 18.9 Å². The van der Waals surface area contributed by atoms with Gasteiger partial charge >= 0.3 is 5.69 Å². The van der Waals surface area contributed by atoms with Crippen LogP contribution in [0.4, 0.5) is 0 Å². The fraction of sp³-hybridized carbons (Fsp3) is 0.450. The minimum Gasteiger partial charge on any atom is -0.493 e. The second-order valence-electron chi connectivity index (χ2n) is 6.90. The SMILES string of the molecule is CC(=NCCCN1CCOCC1)c1c(O)n(-c2ccc(C)cc2)c(=O)[nH]c1=O. The molecule has 150 valence electrons. The number of rotatable bonds is 6. The van der Waals surface area contributed by atoms with Gasteiger partial charge < -0.3 is 9.84 Å². The molecule has 0 bridgehead atoms. The Balaban J connectivity index is 1.80. The molecule has 1 aromatic carbocycles. The molecule has 2 N–H and O–H groups in total. The maximum atomic E-state index is 12.3. The highest BCUT2D eigenvalue weighted by Crippen LogP contribution is 2.17. The van der Waals surface area contributed by atoms with E-state index >= 15 is 0 Å². The fourth-order valence-corrected chi connectivity index (χ4v) is 3.23. The van der Waals surface area contributed by atoms with Crippen LogP contribution in [0.3, 0.4) is 0 Å². The maximum Gasteiger partial charge on any atom is 0.335 e. The lowest BCUT2D eigenvalue weighted by atomic mass is 10.2. The Kier molecular flexibility index (Phi) is 6.43. The van der Waals surface area contributed by atoms with Crippen molar-refractivity contribution >= 4 is 5.71 Å². The van der Waals surface area contributed by atoms with Crippen LogP contribution in [-0.4, -0.2) is 64.7 Å². The van der Waals surface area contributed by atoms with Crippen molar-refractivity contribution in [3.8, 4) is 11.6 Å². The number of morpholine rings is 1. The number of hydrogen-bond acceptors (Lipinski definition) is 6. The Labute approximate surface area is 163 Å². The molecular weight excluding hydrogens is 360 g/mol. The lowest BCUT2D eigenvalue weighted by Crippen LogP contribution is -2.37. The Morgan fingerprint density at radius 1 is 1.21 bits per heavy atom. The van der Waals surface area contributed by atoms with Crippen molar-refractivity contribution < 1.29 is 9.84 Å². The monoisotopic (exact) mass is 386 g/mol. The highest BCUT2D eigenvalue weighted by Gasteiger charge is 2.18. The van der Waals surface area contributed by atoms with Crippen molar-refractivity contribution in [3.05, 3.63) is 56.2 Å². The molecule has 0 radical (unpaired) electrons. The molecule has 1 aliphatic rings. The first-order valence-corrected chi connectivity index (χ1v) is 9.44. The van der Waals surface area contributed by atoms with Crippen molar-refractivity contribution in [2.75, 3.05) is 39.4 Å². The van der Waals surface area contributed by atoms with Crippen LogP contribution in [0.15, 0.2) is 38.8 Å². The summed E-state index contributed by atoms with van der Waals surface area (Å²) in [6.07, 6.45) is 0.841. The van der Waals surface area contributed by atoms with E-state index in [-0.39, 0.29) is 5.56 Å². The zero-order valence-electron chi connectivity index (χ0n) is 16.3. The van der Waals surface area contributed by atoms with Gasteiger partial charge in [-0.1, -0.05) is 17.7 Å². The van der Waals surface area contributed by atoms with Gasteiger partial charge in [-0.3, -0.25) is 19.7 Å². The van der Waals surface area contributed by atoms with E-state index in [9.17, 15) is 14.7 Å². The van der Waals surface area contributed by atoms with Crippen LogP contribution >= 0.6 is 0 Å². The summed E-state index contributed by atoms with van der Waals surface area (Å²) in [5.41, 5.74) is 0.605. The Morgan fingerprint density at radius 3 is 2.57 bits per heavy atom. The summed E-state index contributed by atoms with van der Waals surface area (Å²) in [6.45, 7) is 8.39. The summed E-state index contributed by atoms with van der Waals surface area (Å²) in [5.74, 6) is -0.396. The molecule has 0 aliphatic carbocycles. The normalized spacial score (nSPS) is 15.7. The Morgan fingerprint density at radius 2 is 1.89 bits per heavy atom. The minimum absolute atomic E-state index is 0.0200. The van der Waals surface area contributed by atoms with Crippen molar-refractivity contribution in [2.24, 2.45) is 4.99 Å². The number of aromatic amines is 1. The van der Waals surface area contributed by atoms with Gasteiger partial charge in [-0.15, -0.1) is 0 Å². The quantitative estimate of drug-likeness (QED) is 0.571. The predicted octanol–water partition coefficient (Wildman–Crippen LogP) is 1.07. The molecule has 1 saturated heterocycles. The van der Waals surface area contributed by atoms with E-state index in [4.69, 9.17) is 4.74 Å². The second-order valence-corrected chi connectivity index (χ2v) is 6.90. The number of aromatic hydroxyl groups is 1. The third-order valence-electron chi connectivity index (χ3n) is 4.83. The van der Waals surface area contributed by atoms with E-state index in [1.54, 1.807) is 19.1 Å². The van der Waals surface area contributed by atoms with Crippen LogP contribution in [0.5, 0.6) is 5.88 Å². The van der Waals surface area contributed by atoms with Crippen molar-refractivity contribution in [3.63, 3.8) is 0 Å². The third kappa shape index (κ3) is 4.58. The molecule has 0 amide bonds. The molecule has 3 rings (SSSR count). The molecule has 1 fully saturated rings. The van der Waals surface area contributed by atoms with Crippen LogP contribution in [0.25, 0.3) is 5.69 Å². The number of benzene rings is 1. The predicted molar refractivity (Wildman–Crippen MR) is 108 cm³/mol. The van der Waals surface area contributed by atoms with Gasteiger partial charge in [0.25, 0.3) is 5.56 Å². The number of aliphatic imine (C=N–C) groups is 1. The summed E-state index contributed by atoms with van der Waals surface area (Å²) in [6, 6.07) is 7.10. The van der Waals surface area contributed by atoms with E-state index in [1.807, 2.05) is 19.1 Å². The van der Waals surface area contributed by atoms with Crippen molar-refractivity contribution in [2.45, 2.75) is 20.3 Å². The first-order valence-electron chi connectivity index (χ1n) is 9.44. The highest BCUT2D eigenvalue weighted by molar-refractivity contribution is 6.00. The summed E-state index contributed by atoms with van der Waals surface area (Å²) in [5, 5.41) is 10.6. The number of hydrogen-bond donors (Lipinski definition) is 2. The molecule has 8 nitrogen and oxygen atoms in total. The van der Waals surface area contributed by atoms with Crippen LogP contribution in [0.1, 0.15) is 24.5 Å². The number of aryl methyl sites for hydroxylation is 1. The van der Waals surface area contributed by atoms with Gasteiger partial charge in [-0.2, -0.15) is 0 Å². The van der Waals surface area contributed by atoms with Crippen LogP contribution in [-0.2, 0) is 4.74 Å². The smallest absolute Gasteiger partial charge is 0.335 e. The van der Waals surface area contributed by atoms with E-state index in [1.165, 1.54) is 0 Å². The zero-order valence-corrected chi connectivity index (χ0v) is 16.3. The van der Waals surface area contributed by atoms with Crippen LogP contribution in [0, 0.1) is 6.92 Å². The fourth-order valence-electron chi connectivity index (χ4n) is 3.23. The van der Waals surface area contributed by atoms with E-state index in [0.29, 0.717) is 17.9 Å². The number of ether oxygens (including phenoxy) is 1. The summed E-state index contributed by atoms with van der Waals surface area (Å²) in [4.78, 5) is 33.6. The first kappa shape index (κ1) is 20.0. The molecule has 1 aromatic heterocycles. The van der Waals surface area contributed by atoms with Gasteiger partial charge in [0.15, 0.2) is 0 Å². The largest absolute Gasteiger partial charge is 0.493 e. The number of aromatic nitrogens is 2. The van der Waals surface area contributed by atoms with Gasteiger partial charge in [0.1, 0.15) is 5.56 Å². The Hall–Kier alpha value is -2.71. The van der Waals surface area contributed by atoms with Gasteiger partial charge in [-0.05, 0) is 32.4 Å². The first-order chi connectivity index (χ1) is 13.5. The van der Waals surface area contributed by atoms with E-state index < -0.39 is 17.1 Å². The minimum atomic E-state index is -0.685. The summed E-state index contributed by atoms with van der Waals surface area (Å²) < 4.78 is 6.42. The molecule has 8 heteroatoms. The van der Waals surface area contributed by atoms with Gasteiger partial charge in [-0.25, -0.2) is 9.36 Å². The molecule has 0 spiro atoms. The van der Waals surface area contributed by atoms with E-state index in [2.05, 4.69) is 14.9 Å². The number of nitrogens with zero attached hydrogens (tertiary/aromatic N) is 3. The third-order valence-corrected chi connectivity index (χ3v) is 4.83. The van der Waals surface area contributed by atoms with Crippen molar-refractivity contribution in [1.29, 1.82) is 0 Å². The number of nitrogens with one attached hydrogen (secondary N) is 1. The lowest BCUT2D eigenvalue weighted by molar-refractivity contribution is 0.0377. The summed E-state index contributed by atoms with van der Waals surface area (Å²) in [7, 11) is 0.